The molecule has 182 valence electrons. The van der Waals surface area contributed by atoms with E-state index >= 15 is 0 Å². The molecule has 0 unspecified atom stereocenters. The number of morpholine rings is 1. The minimum absolute atomic E-state index is 0.0851. The Morgan fingerprint density at radius 2 is 1.74 bits per heavy atom. The first-order valence-electron chi connectivity index (χ1n) is 12.0. The van der Waals surface area contributed by atoms with Gasteiger partial charge in [-0.15, -0.1) is 0 Å². The van der Waals surface area contributed by atoms with Crippen LogP contribution in [0.5, 0.6) is 0 Å². The van der Waals surface area contributed by atoms with Crippen LogP contribution in [-0.4, -0.2) is 81.8 Å². The Labute approximate surface area is 201 Å². The van der Waals surface area contributed by atoms with E-state index in [4.69, 9.17) is 4.74 Å². The van der Waals surface area contributed by atoms with Gasteiger partial charge in [-0.2, -0.15) is 0 Å². The first-order chi connectivity index (χ1) is 16.5. The van der Waals surface area contributed by atoms with Crippen LogP contribution in [0.2, 0.25) is 0 Å². The maximum Gasteiger partial charge on any atom is 0.326 e. The predicted octanol–water partition coefficient (Wildman–Crippen LogP) is 2.86. The zero-order valence-corrected chi connectivity index (χ0v) is 20.2. The van der Waals surface area contributed by atoms with Crippen molar-refractivity contribution in [2.75, 3.05) is 70.2 Å². The molecular formula is C26H35N5O3. The van der Waals surface area contributed by atoms with Gasteiger partial charge in [-0.3, -0.25) is 14.6 Å². The largest absolute Gasteiger partial charge is 0.379 e. The summed E-state index contributed by atoms with van der Waals surface area (Å²) in [5.74, 6) is -0.0851. The van der Waals surface area contributed by atoms with Gasteiger partial charge in [-0.25, -0.2) is 4.79 Å². The Balaban J connectivity index is 1.52. The lowest BCUT2D eigenvalue weighted by Crippen LogP contribution is -2.40. The van der Waals surface area contributed by atoms with Crippen molar-refractivity contribution in [2.45, 2.75) is 19.3 Å². The third-order valence-electron chi connectivity index (χ3n) is 6.20. The molecule has 0 aromatic heterocycles. The Hall–Kier alpha value is -2.94. The average molecular weight is 466 g/mol. The van der Waals surface area contributed by atoms with E-state index in [1.54, 1.807) is 4.90 Å². The summed E-state index contributed by atoms with van der Waals surface area (Å²) < 4.78 is 5.41. The van der Waals surface area contributed by atoms with Crippen molar-refractivity contribution < 1.29 is 14.3 Å². The Morgan fingerprint density at radius 3 is 2.50 bits per heavy atom. The topological polar surface area (TPSA) is 77.2 Å². The summed E-state index contributed by atoms with van der Waals surface area (Å²) in [6, 6.07) is 13.8. The summed E-state index contributed by atoms with van der Waals surface area (Å²) in [7, 11) is 3.72. The van der Waals surface area contributed by atoms with Gasteiger partial charge in [0.25, 0.3) is 0 Å². The molecule has 4 rings (SSSR count). The molecule has 0 aliphatic carbocycles. The van der Waals surface area contributed by atoms with Gasteiger partial charge < -0.3 is 20.3 Å². The number of fused-ring (bicyclic) bond motifs is 2. The number of aryl methyl sites for hydroxylation is 2. The Kier molecular flexibility index (Phi) is 8.16. The number of carbonyl (C=O) groups is 2. The zero-order chi connectivity index (χ0) is 23.9. The van der Waals surface area contributed by atoms with Crippen molar-refractivity contribution in [2.24, 2.45) is 0 Å². The highest BCUT2D eigenvalue weighted by Gasteiger charge is 2.26. The Bertz CT molecular complexity index is 1000. The van der Waals surface area contributed by atoms with Gasteiger partial charge in [0.05, 0.1) is 31.1 Å². The fourth-order valence-electron chi connectivity index (χ4n) is 4.51. The molecule has 34 heavy (non-hydrogen) atoms. The molecule has 2 aliphatic rings. The minimum atomic E-state index is -0.144. The van der Waals surface area contributed by atoms with Gasteiger partial charge in [-0.05, 0) is 69.2 Å². The van der Waals surface area contributed by atoms with E-state index < -0.39 is 0 Å². The highest BCUT2D eigenvalue weighted by Crippen LogP contribution is 2.37. The highest BCUT2D eigenvalue weighted by molar-refractivity contribution is 6.02. The van der Waals surface area contributed by atoms with Crippen molar-refractivity contribution in [1.82, 2.24) is 15.1 Å². The van der Waals surface area contributed by atoms with Gasteiger partial charge >= 0.3 is 6.03 Å². The van der Waals surface area contributed by atoms with Crippen LogP contribution in [0.3, 0.4) is 0 Å². The van der Waals surface area contributed by atoms with Crippen molar-refractivity contribution >= 4 is 29.0 Å². The lowest BCUT2D eigenvalue weighted by Gasteiger charge is -2.27. The number of anilines is 3. The van der Waals surface area contributed by atoms with E-state index in [1.165, 1.54) is 0 Å². The summed E-state index contributed by atoms with van der Waals surface area (Å²) >= 11 is 0. The van der Waals surface area contributed by atoms with Crippen LogP contribution >= 0.6 is 0 Å². The molecule has 2 N–H and O–H groups in total. The first kappa shape index (κ1) is 24.2. The summed E-state index contributed by atoms with van der Waals surface area (Å²) in [5.41, 5.74) is 4.63. The van der Waals surface area contributed by atoms with Crippen LogP contribution in [-0.2, 0) is 22.4 Å². The summed E-state index contributed by atoms with van der Waals surface area (Å²) in [4.78, 5) is 31.8. The minimum Gasteiger partial charge on any atom is -0.379 e. The van der Waals surface area contributed by atoms with Crippen LogP contribution < -0.4 is 15.5 Å². The van der Waals surface area contributed by atoms with Crippen LogP contribution in [0, 0.1) is 0 Å². The lowest BCUT2D eigenvalue weighted by molar-refractivity contribution is -0.116. The second kappa shape index (κ2) is 11.5. The molecule has 1 fully saturated rings. The summed E-state index contributed by atoms with van der Waals surface area (Å²) in [6.07, 6.45) is 2.57. The fraction of sp³-hybridized carbons (Fsp3) is 0.462. The van der Waals surface area contributed by atoms with Gasteiger partial charge in [0.2, 0.25) is 5.91 Å². The standard InChI is InChI=1S/C26H35N5O3/c1-29(2)19-25(32)28-22-11-10-21-9-8-20-6-3-4-7-23(20)31(24(21)18-22)26(33)27-12-5-13-30-14-16-34-17-15-30/h3-4,6-7,10-11,18H,5,8-9,12-17,19H2,1-2H3,(H,27,33)(H,28,32). The molecule has 3 amide bonds. The molecule has 0 spiro atoms. The van der Waals surface area contributed by atoms with Crippen molar-refractivity contribution in [3.8, 4) is 0 Å². The SMILES string of the molecule is CN(C)CC(=O)Nc1ccc2c(c1)N(C(=O)NCCCN1CCOCC1)c1ccccc1CC2. The zero-order valence-electron chi connectivity index (χ0n) is 20.2. The molecule has 2 aromatic carbocycles. The monoisotopic (exact) mass is 465 g/mol. The molecule has 2 aromatic rings. The number of hydrogen-bond acceptors (Lipinski definition) is 5. The first-order valence-corrected chi connectivity index (χ1v) is 12.0. The number of hydrogen-bond donors (Lipinski definition) is 2. The second-order valence-corrected chi connectivity index (χ2v) is 9.13. The van der Waals surface area contributed by atoms with Crippen LogP contribution in [0.15, 0.2) is 42.5 Å². The highest BCUT2D eigenvalue weighted by atomic mass is 16.5. The lowest BCUT2D eigenvalue weighted by atomic mass is 10.0. The molecule has 0 bridgehead atoms. The molecule has 0 saturated carbocycles. The van der Waals surface area contributed by atoms with Crippen LogP contribution in [0.4, 0.5) is 21.9 Å². The number of amides is 3. The normalized spacial score (nSPS) is 15.9. The predicted molar refractivity (Wildman–Crippen MR) is 135 cm³/mol. The molecule has 2 heterocycles. The number of rotatable bonds is 7. The summed E-state index contributed by atoms with van der Waals surface area (Å²) in [5, 5.41) is 6.08. The average Bonchev–Trinajstić information content (AvgIpc) is 2.98. The fourth-order valence-corrected chi connectivity index (χ4v) is 4.51. The molecule has 1 saturated heterocycles. The smallest absolute Gasteiger partial charge is 0.326 e. The van der Waals surface area contributed by atoms with E-state index in [-0.39, 0.29) is 11.9 Å². The van der Waals surface area contributed by atoms with E-state index in [9.17, 15) is 9.59 Å². The van der Waals surface area contributed by atoms with Crippen LogP contribution in [0.1, 0.15) is 17.5 Å². The number of urea groups is 1. The third-order valence-corrected chi connectivity index (χ3v) is 6.20. The number of nitrogens with one attached hydrogen (secondary N) is 2. The number of likely N-dealkylation sites (N-methyl/N-ethyl adjacent to an activating group) is 1. The Morgan fingerprint density at radius 1 is 1.00 bits per heavy atom. The number of carbonyl (C=O) groups excluding carboxylic acids is 2. The van der Waals surface area contributed by atoms with Crippen molar-refractivity contribution in [1.29, 1.82) is 0 Å². The second-order valence-electron chi connectivity index (χ2n) is 9.13. The molecular weight excluding hydrogens is 430 g/mol. The molecule has 0 radical (unpaired) electrons. The third kappa shape index (κ3) is 6.14. The quantitative estimate of drug-likeness (QED) is 0.615. The molecule has 8 nitrogen and oxygen atoms in total. The maximum atomic E-state index is 13.5. The maximum absolute atomic E-state index is 13.5. The molecule has 2 aliphatic heterocycles. The van der Waals surface area contributed by atoms with Gasteiger partial charge in [0.1, 0.15) is 0 Å². The molecule has 8 heteroatoms. The number of benzene rings is 2. The van der Waals surface area contributed by atoms with Crippen molar-refractivity contribution in [3.63, 3.8) is 0 Å². The van der Waals surface area contributed by atoms with Gasteiger partial charge in [0.15, 0.2) is 0 Å². The number of ether oxygens (including phenoxy) is 1. The van der Waals surface area contributed by atoms with Gasteiger partial charge in [0, 0.05) is 25.3 Å². The van der Waals surface area contributed by atoms with Crippen LogP contribution in [0.25, 0.3) is 0 Å². The number of nitrogens with zero attached hydrogens (tertiary/aromatic N) is 3. The number of para-hydroxylation sites is 1. The van der Waals surface area contributed by atoms with E-state index in [2.05, 4.69) is 21.6 Å². The van der Waals surface area contributed by atoms with E-state index in [0.29, 0.717) is 18.8 Å². The van der Waals surface area contributed by atoms with E-state index in [0.717, 1.165) is 74.6 Å². The summed E-state index contributed by atoms with van der Waals surface area (Å²) in [6.45, 7) is 5.30. The van der Waals surface area contributed by atoms with Gasteiger partial charge in [-0.1, -0.05) is 24.3 Å². The molecule has 0 atom stereocenters. The van der Waals surface area contributed by atoms with Crippen molar-refractivity contribution in [3.05, 3.63) is 53.6 Å². The van der Waals surface area contributed by atoms with E-state index in [1.807, 2.05) is 55.4 Å².